The fourth-order valence-corrected chi connectivity index (χ4v) is 2.56. The molecule has 0 heterocycles. The van der Waals surface area contributed by atoms with Crippen LogP contribution >= 0.6 is 0 Å². The summed E-state index contributed by atoms with van der Waals surface area (Å²) in [5.41, 5.74) is 0.636. The SMILES string of the molecule is CNC(CCC1CC1)C1CC1(C)C. The normalized spacial score (nSPS) is 33.0. The van der Waals surface area contributed by atoms with Crippen molar-refractivity contribution in [2.24, 2.45) is 17.3 Å². The fourth-order valence-electron chi connectivity index (χ4n) is 2.56. The Balaban J connectivity index is 1.73. The molecule has 0 aromatic carbocycles. The summed E-state index contributed by atoms with van der Waals surface area (Å²) in [5.74, 6) is 2.05. The summed E-state index contributed by atoms with van der Waals surface area (Å²) < 4.78 is 0. The first-order chi connectivity index (χ1) is 6.13. The lowest BCUT2D eigenvalue weighted by molar-refractivity contribution is 0.391. The molecule has 0 aliphatic heterocycles. The summed E-state index contributed by atoms with van der Waals surface area (Å²) in [6.07, 6.45) is 7.32. The van der Waals surface area contributed by atoms with E-state index in [9.17, 15) is 0 Å². The molecular formula is C12H23N. The zero-order chi connectivity index (χ0) is 9.47. The average molecular weight is 181 g/mol. The Labute approximate surface area is 82.3 Å². The zero-order valence-corrected chi connectivity index (χ0v) is 9.27. The van der Waals surface area contributed by atoms with Gasteiger partial charge in [-0.05, 0) is 43.6 Å². The molecule has 0 aromatic rings. The lowest BCUT2D eigenvalue weighted by Gasteiger charge is -2.17. The molecule has 0 spiro atoms. The monoisotopic (exact) mass is 181 g/mol. The lowest BCUT2D eigenvalue weighted by atomic mass is 9.99. The number of rotatable bonds is 5. The average Bonchev–Trinajstić information content (AvgIpc) is 2.93. The van der Waals surface area contributed by atoms with Crippen LogP contribution in [0.25, 0.3) is 0 Å². The van der Waals surface area contributed by atoms with E-state index in [0.717, 1.165) is 17.9 Å². The molecule has 13 heavy (non-hydrogen) atoms. The minimum atomic E-state index is 0.636. The highest BCUT2D eigenvalue weighted by Crippen LogP contribution is 2.54. The second-order valence-electron chi connectivity index (χ2n) is 5.72. The zero-order valence-electron chi connectivity index (χ0n) is 9.27. The first-order valence-corrected chi connectivity index (χ1v) is 5.81. The van der Waals surface area contributed by atoms with Gasteiger partial charge in [0.05, 0.1) is 0 Å². The molecule has 0 aromatic heterocycles. The van der Waals surface area contributed by atoms with Crippen LogP contribution in [0, 0.1) is 17.3 Å². The molecule has 1 nitrogen and oxygen atoms in total. The van der Waals surface area contributed by atoms with Gasteiger partial charge in [-0.15, -0.1) is 0 Å². The summed E-state index contributed by atoms with van der Waals surface area (Å²) in [6.45, 7) is 4.80. The van der Waals surface area contributed by atoms with Crippen LogP contribution in [0.15, 0.2) is 0 Å². The first kappa shape index (κ1) is 9.51. The molecule has 76 valence electrons. The van der Waals surface area contributed by atoms with Gasteiger partial charge in [0.1, 0.15) is 0 Å². The van der Waals surface area contributed by atoms with Crippen LogP contribution in [0.4, 0.5) is 0 Å². The molecule has 2 unspecified atom stereocenters. The topological polar surface area (TPSA) is 12.0 Å². The molecule has 2 aliphatic rings. The minimum absolute atomic E-state index is 0.636. The van der Waals surface area contributed by atoms with Gasteiger partial charge >= 0.3 is 0 Å². The Hall–Kier alpha value is -0.0400. The van der Waals surface area contributed by atoms with E-state index in [1.54, 1.807) is 0 Å². The van der Waals surface area contributed by atoms with Crippen LogP contribution in [-0.4, -0.2) is 13.1 Å². The number of nitrogens with one attached hydrogen (secondary N) is 1. The predicted octanol–water partition coefficient (Wildman–Crippen LogP) is 2.81. The van der Waals surface area contributed by atoms with Crippen molar-refractivity contribution in [3.8, 4) is 0 Å². The van der Waals surface area contributed by atoms with Crippen LogP contribution in [0.3, 0.4) is 0 Å². The van der Waals surface area contributed by atoms with E-state index in [1.165, 1.54) is 32.1 Å². The van der Waals surface area contributed by atoms with Gasteiger partial charge in [-0.3, -0.25) is 0 Å². The Morgan fingerprint density at radius 1 is 1.38 bits per heavy atom. The molecule has 2 saturated carbocycles. The molecular weight excluding hydrogens is 158 g/mol. The van der Waals surface area contributed by atoms with Crippen molar-refractivity contribution in [3.63, 3.8) is 0 Å². The molecule has 2 fully saturated rings. The summed E-state index contributed by atoms with van der Waals surface area (Å²) in [4.78, 5) is 0. The van der Waals surface area contributed by atoms with Gasteiger partial charge in [-0.1, -0.05) is 26.7 Å². The van der Waals surface area contributed by atoms with E-state index in [4.69, 9.17) is 0 Å². The summed E-state index contributed by atoms with van der Waals surface area (Å²) >= 11 is 0. The molecule has 0 amide bonds. The fraction of sp³-hybridized carbons (Fsp3) is 1.00. The lowest BCUT2D eigenvalue weighted by Crippen LogP contribution is -2.29. The van der Waals surface area contributed by atoms with Crippen LogP contribution in [0.2, 0.25) is 0 Å². The predicted molar refractivity (Wildman–Crippen MR) is 56.7 cm³/mol. The molecule has 0 saturated heterocycles. The third-order valence-electron chi connectivity index (χ3n) is 4.03. The highest BCUT2D eigenvalue weighted by molar-refractivity contribution is 5.01. The maximum absolute atomic E-state index is 3.50. The summed E-state index contributed by atoms with van der Waals surface area (Å²) in [6, 6.07) is 0.801. The van der Waals surface area contributed by atoms with Crippen molar-refractivity contribution in [1.82, 2.24) is 5.32 Å². The maximum Gasteiger partial charge on any atom is 0.00977 e. The van der Waals surface area contributed by atoms with Crippen molar-refractivity contribution < 1.29 is 0 Å². The second kappa shape index (κ2) is 3.27. The van der Waals surface area contributed by atoms with Crippen molar-refractivity contribution in [2.45, 2.75) is 52.0 Å². The third-order valence-corrected chi connectivity index (χ3v) is 4.03. The van der Waals surface area contributed by atoms with Crippen LogP contribution in [-0.2, 0) is 0 Å². The Morgan fingerprint density at radius 3 is 2.38 bits per heavy atom. The third kappa shape index (κ3) is 2.25. The molecule has 1 N–H and O–H groups in total. The van der Waals surface area contributed by atoms with Gasteiger partial charge in [0.25, 0.3) is 0 Å². The molecule has 1 heteroatoms. The molecule has 2 aliphatic carbocycles. The van der Waals surface area contributed by atoms with E-state index < -0.39 is 0 Å². The van der Waals surface area contributed by atoms with Crippen molar-refractivity contribution >= 4 is 0 Å². The Bertz CT molecular complexity index is 182. The highest BCUT2D eigenvalue weighted by Gasteiger charge is 2.49. The Kier molecular flexibility index (Phi) is 2.39. The largest absolute Gasteiger partial charge is 0.317 e. The number of hydrogen-bond donors (Lipinski definition) is 1. The van der Waals surface area contributed by atoms with Gasteiger partial charge in [0, 0.05) is 6.04 Å². The summed E-state index contributed by atoms with van der Waals surface area (Å²) in [7, 11) is 2.13. The van der Waals surface area contributed by atoms with E-state index in [-0.39, 0.29) is 0 Å². The van der Waals surface area contributed by atoms with Gasteiger partial charge in [0.15, 0.2) is 0 Å². The van der Waals surface area contributed by atoms with Gasteiger partial charge in [0.2, 0.25) is 0 Å². The van der Waals surface area contributed by atoms with Gasteiger partial charge in [-0.25, -0.2) is 0 Å². The second-order valence-corrected chi connectivity index (χ2v) is 5.72. The molecule has 0 bridgehead atoms. The smallest absolute Gasteiger partial charge is 0.00977 e. The van der Waals surface area contributed by atoms with Crippen LogP contribution < -0.4 is 5.32 Å². The van der Waals surface area contributed by atoms with Crippen molar-refractivity contribution in [1.29, 1.82) is 0 Å². The van der Waals surface area contributed by atoms with E-state index >= 15 is 0 Å². The van der Waals surface area contributed by atoms with Crippen LogP contribution in [0.1, 0.15) is 46.0 Å². The molecule has 0 radical (unpaired) electrons. The molecule has 2 atom stereocenters. The standard InChI is InChI=1S/C12H23N/c1-12(2)8-10(12)11(13-3)7-6-9-4-5-9/h9-11,13H,4-8H2,1-3H3. The molecule has 2 rings (SSSR count). The van der Waals surface area contributed by atoms with Crippen molar-refractivity contribution in [2.75, 3.05) is 7.05 Å². The van der Waals surface area contributed by atoms with Crippen molar-refractivity contribution in [3.05, 3.63) is 0 Å². The van der Waals surface area contributed by atoms with E-state index in [2.05, 4.69) is 26.2 Å². The van der Waals surface area contributed by atoms with E-state index in [1.807, 2.05) is 0 Å². The highest BCUT2D eigenvalue weighted by atomic mass is 14.9. The number of hydrogen-bond acceptors (Lipinski definition) is 1. The van der Waals surface area contributed by atoms with E-state index in [0.29, 0.717) is 5.41 Å². The maximum atomic E-state index is 3.50. The minimum Gasteiger partial charge on any atom is -0.317 e. The van der Waals surface area contributed by atoms with Gasteiger partial charge < -0.3 is 5.32 Å². The van der Waals surface area contributed by atoms with Gasteiger partial charge in [-0.2, -0.15) is 0 Å². The summed E-state index contributed by atoms with van der Waals surface area (Å²) in [5, 5.41) is 3.50. The first-order valence-electron chi connectivity index (χ1n) is 5.81. The quantitative estimate of drug-likeness (QED) is 0.687. The van der Waals surface area contributed by atoms with Crippen LogP contribution in [0.5, 0.6) is 0 Å². The Morgan fingerprint density at radius 2 is 2.00 bits per heavy atom.